The van der Waals surface area contributed by atoms with Crippen LogP contribution in [0.5, 0.6) is 0 Å². The zero-order valence-electron chi connectivity index (χ0n) is 39.6. The maximum atomic E-state index is 14.5. The van der Waals surface area contributed by atoms with Crippen LogP contribution in [0.1, 0.15) is 63.5 Å². The largest absolute Gasteiger partial charge is 0.370 e. The first kappa shape index (κ1) is 56.5. The Morgan fingerprint density at radius 3 is 1.93 bits per heavy atom. The van der Waals surface area contributed by atoms with Gasteiger partial charge in [-0.1, -0.05) is 70.1 Å². The van der Waals surface area contributed by atoms with Gasteiger partial charge in [0.15, 0.2) is 11.9 Å². The number of nitrogens with zero attached hydrogens (tertiary/aromatic N) is 2. The summed E-state index contributed by atoms with van der Waals surface area (Å²) in [6, 6.07) is 6.27. The van der Waals surface area contributed by atoms with Gasteiger partial charge in [-0.25, -0.2) is 0 Å². The lowest BCUT2D eigenvalue weighted by Crippen LogP contribution is -2.61. The van der Waals surface area contributed by atoms with Crippen molar-refractivity contribution < 1.29 is 38.4 Å². The van der Waals surface area contributed by atoms with E-state index in [9.17, 15) is 38.4 Å². The lowest BCUT2D eigenvalue weighted by molar-refractivity contribution is -0.136. The number of nitrogens with two attached hydrogens (primary N) is 7. The smallest absolute Gasteiger partial charge is 0.243 e. The van der Waals surface area contributed by atoms with Gasteiger partial charge < -0.3 is 77.0 Å². The van der Waals surface area contributed by atoms with E-state index < -0.39 is 101 Å². The third kappa shape index (κ3) is 18.3. The number of carbonyl (C=O) groups is 8. The van der Waals surface area contributed by atoms with E-state index in [4.69, 9.17) is 40.1 Å². The van der Waals surface area contributed by atoms with Gasteiger partial charge in [0.2, 0.25) is 47.3 Å². The molecule has 7 atom stereocenters. The number of rotatable bonds is 17. The molecular formula is C45H66N16O8S2. The van der Waals surface area contributed by atoms with Crippen molar-refractivity contribution in [3.8, 4) is 0 Å². The van der Waals surface area contributed by atoms with Crippen molar-refractivity contribution in [2.45, 2.75) is 112 Å². The Hall–Kier alpha value is -7.06. The number of hydrogen-bond acceptors (Lipinski definition) is 13. The molecule has 8 amide bonds. The third-order valence-corrected chi connectivity index (χ3v) is 14.6. The summed E-state index contributed by atoms with van der Waals surface area (Å²) in [5.41, 5.74) is 41.6. The van der Waals surface area contributed by atoms with Crippen LogP contribution >= 0.6 is 21.6 Å². The first-order valence-electron chi connectivity index (χ1n) is 22.8. The van der Waals surface area contributed by atoms with Crippen LogP contribution in [0.25, 0.3) is 10.9 Å². The summed E-state index contributed by atoms with van der Waals surface area (Å²) in [6.07, 6.45) is 1.24. The molecule has 1 fully saturated rings. The Morgan fingerprint density at radius 1 is 0.718 bits per heavy atom. The van der Waals surface area contributed by atoms with E-state index in [-0.39, 0.29) is 69.3 Å². The average Bonchev–Trinajstić information content (AvgIpc) is 3.72. The average molecular weight is 1020 g/mol. The topological polar surface area (TPSA) is 431 Å². The highest BCUT2D eigenvalue weighted by molar-refractivity contribution is 8.77. The quantitative estimate of drug-likeness (QED) is 0.0282. The van der Waals surface area contributed by atoms with Gasteiger partial charge >= 0.3 is 0 Å². The van der Waals surface area contributed by atoms with Crippen molar-refractivity contribution in [2.75, 3.05) is 18.8 Å². The van der Waals surface area contributed by atoms with Crippen molar-refractivity contribution >= 4 is 91.7 Å². The lowest BCUT2D eigenvalue weighted by Gasteiger charge is -2.33. The third-order valence-electron chi connectivity index (χ3n) is 11.2. The zero-order chi connectivity index (χ0) is 52.3. The molecule has 2 heterocycles. The number of H-pyrrole nitrogens is 1. The van der Waals surface area contributed by atoms with E-state index in [1.807, 2.05) is 24.3 Å². The number of benzene rings is 2. The minimum Gasteiger partial charge on any atom is -0.370 e. The minimum absolute atomic E-state index is 0.0533. The highest BCUT2D eigenvalue weighted by Gasteiger charge is 2.39. The van der Waals surface area contributed by atoms with Crippen molar-refractivity contribution in [3.05, 3.63) is 71.9 Å². The number of para-hydroxylation sites is 1. The van der Waals surface area contributed by atoms with Gasteiger partial charge in [-0.15, -0.1) is 0 Å². The monoisotopic (exact) mass is 1020 g/mol. The number of aliphatic imine (C=N–C) groups is 2. The second kappa shape index (κ2) is 27.4. The van der Waals surface area contributed by atoms with E-state index in [2.05, 4.69) is 46.9 Å². The van der Waals surface area contributed by atoms with E-state index in [1.165, 1.54) is 10.8 Å². The molecular weight excluding hydrogens is 957 g/mol. The summed E-state index contributed by atoms with van der Waals surface area (Å²) >= 11 is 0. The van der Waals surface area contributed by atoms with Crippen LogP contribution < -0.4 is 72.0 Å². The summed E-state index contributed by atoms with van der Waals surface area (Å²) in [7, 11) is 2.34. The molecule has 26 heteroatoms. The Bertz CT molecular complexity index is 2410. The van der Waals surface area contributed by atoms with Crippen LogP contribution in [0.15, 0.2) is 70.8 Å². The second-order valence-corrected chi connectivity index (χ2v) is 20.4. The second-order valence-electron chi connectivity index (χ2n) is 17.4. The van der Waals surface area contributed by atoms with Gasteiger partial charge in [-0.3, -0.25) is 48.3 Å². The Kier molecular flexibility index (Phi) is 21.8. The van der Waals surface area contributed by atoms with Crippen LogP contribution in [-0.2, 0) is 51.2 Å². The lowest BCUT2D eigenvalue weighted by atomic mass is 9.99. The molecule has 1 aliphatic rings. The van der Waals surface area contributed by atoms with Crippen molar-refractivity contribution in [1.82, 2.24) is 36.9 Å². The number of guanidine groups is 2. The van der Waals surface area contributed by atoms with Crippen LogP contribution in [-0.4, -0.2) is 130 Å². The number of hydrogen-bond donors (Lipinski definition) is 14. The van der Waals surface area contributed by atoms with Crippen molar-refractivity contribution in [2.24, 2.45) is 50.1 Å². The molecule has 24 nitrogen and oxygen atoms in total. The van der Waals surface area contributed by atoms with Crippen LogP contribution in [0.2, 0.25) is 0 Å². The SMILES string of the molecule is CC1(C)SSCC[C@H](NC(=O)[C@H](N)CCCN=C(N)N)C(=O)N[C@@H](CC(N)=O)C(=O)N[C@H](Cc2ccccc2)C(=O)N[C@@H](CCCN=C(N)N)C(=O)N[C@@H](Cc2c[nH]c3ccccc23)C(=O)N[C@@H]1C(N)=O. The van der Waals surface area contributed by atoms with Gasteiger partial charge in [0, 0.05) is 53.5 Å². The van der Waals surface area contributed by atoms with E-state index in [0.29, 0.717) is 17.5 Å². The molecule has 0 saturated carbocycles. The van der Waals surface area contributed by atoms with Gasteiger partial charge in [0.1, 0.15) is 36.3 Å². The van der Waals surface area contributed by atoms with Gasteiger partial charge in [0.05, 0.1) is 12.5 Å². The molecule has 2 aromatic carbocycles. The first-order chi connectivity index (χ1) is 33.6. The number of primary amides is 2. The number of amides is 8. The molecule has 1 aliphatic heterocycles. The number of aromatic amines is 1. The van der Waals surface area contributed by atoms with Crippen molar-refractivity contribution in [3.63, 3.8) is 0 Å². The fourth-order valence-corrected chi connectivity index (χ4v) is 10.2. The normalized spacial score (nSPS) is 22.2. The Labute approximate surface area is 418 Å². The van der Waals surface area contributed by atoms with Crippen molar-refractivity contribution in [1.29, 1.82) is 0 Å². The molecule has 0 unspecified atom stereocenters. The molecule has 0 aliphatic carbocycles. The Balaban J connectivity index is 1.80. The van der Waals surface area contributed by atoms with Crippen LogP contribution in [0.3, 0.4) is 0 Å². The molecule has 3 aromatic rings. The number of fused-ring (bicyclic) bond motifs is 1. The predicted octanol–water partition coefficient (Wildman–Crippen LogP) is -2.78. The van der Waals surface area contributed by atoms with E-state index in [1.54, 1.807) is 50.4 Å². The summed E-state index contributed by atoms with van der Waals surface area (Å²) in [4.78, 5) is 122. The van der Waals surface area contributed by atoms with Gasteiger partial charge in [-0.2, -0.15) is 0 Å². The number of carbonyl (C=O) groups excluding carboxylic acids is 8. The summed E-state index contributed by atoms with van der Waals surface area (Å²) in [5.74, 6) is -7.14. The molecule has 4 rings (SSSR count). The van der Waals surface area contributed by atoms with E-state index >= 15 is 0 Å². The molecule has 0 spiro atoms. The van der Waals surface area contributed by atoms with E-state index in [0.717, 1.165) is 21.7 Å². The molecule has 0 radical (unpaired) electrons. The number of aromatic nitrogens is 1. The summed E-state index contributed by atoms with van der Waals surface area (Å²) < 4.78 is -1.14. The maximum absolute atomic E-state index is 14.5. The standard InChI is InChI=1S/C45H66N16O8S2/c1-45(2)35(36(48)63)61-42(69)32(21-25-23-55-28-14-7-6-12-26(25)28)59-38(65)29(15-9-18-54-44(51)52)57-40(67)31(20-24-10-4-3-5-11-24)58-41(68)33(22-34(47)62)60-39(66)30(16-19-70-71-45)56-37(64)27(46)13-8-17-53-43(49)50/h3-7,10-12,14,23,27,29-33,35,55H,8-9,13,15-22,46H2,1-2H3,(H2,47,62)(H2,48,63)(H,56,64)(H,57,67)(H,58,68)(H,59,65)(H,60,66)(H,61,69)(H4,49,50,53)(H4,51,52,54)/t27-,29+,30+,31-,32+,33+,35-/m1/s1. The highest BCUT2D eigenvalue weighted by atomic mass is 33.1. The molecule has 71 heavy (non-hydrogen) atoms. The highest BCUT2D eigenvalue weighted by Crippen LogP contribution is 2.39. The number of nitrogens with one attached hydrogen (secondary N) is 7. The molecule has 21 N–H and O–H groups in total. The van der Waals surface area contributed by atoms with Crippen LogP contribution in [0, 0.1) is 0 Å². The first-order valence-corrected chi connectivity index (χ1v) is 25.1. The fourth-order valence-electron chi connectivity index (χ4n) is 7.50. The summed E-state index contributed by atoms with van der Waals surface area (Å²) in [5, 5.41) is 16.8. The minimum atomic E-state index is -1.66. The molecule has 1 aromatic heterocycles. The Morgan fingerprint density at radius 2 is 1.28 bits per heavy atom. The zero-order valence-corrected chi connectivity index (χ0v) is 41.2. The molecule has 386 valence electrons. The molecule has 1 saturated heterocycles. The van der Waals surface area contributed by atoms with Gasteiger partial charge in [-0.05, 0) is 63.1 Å². The van der Waals surface area contributed by atoms with Gasteiger partial charge in [0.25, 0.3) is 0 Å². The fraction of sp³-hybridized carbons (Fsp3) is 0.467. The maximum Gasteiger partial charge on any atom is 0.243 e. The predicted molar refractivity (Wildman–Crippen MR) is 273 cm³/mol. The summed E-state index contributed by atoms with van der Waals surface area (Å²) in [6.45, 7) is 3.57. The van der Waals surface area contributed by atoms with Crippen LogP contribution in [0.4, 0.5) is 0 Å². The molecule has 0 bridgehead atoms.